The molecule has 26 heavy (non-hydrogen) atoms. The van der Waals surface area contributed by atoms with Crippen LogP contribution in [0.1, 0.15) is 11.1 Å². The van der Waals surface area contributed by atoms with E-state index in [0.29, 0.717) is 32.8 Å². The third kappa shape index (κ3) is 7.51. The Hall–Kier alpha value is -1.96. The first-order valence-electron chi connectivity index (χ1n) is 9.09. The van der Waals surface area contributed by atoms with Gasteiger partial charge in [0.15, 0.2) is 0 Å². The highest BCUT2D eigenvalue weighted by atomic mass is 16.5. The van der Waals surface area contributed by atoms with Gasteiger partial charge in [-0.3, -0.25) is 19.4 Å². The number of rotatable bonds is 9. The van der Waals surface area contributed by atoms with E-state index in [2.05, 4.69) is 20.4 Å². The Kier molecular flexibility index (Phi) is 8.53. The van der Waals surface area contributed by atoms with Crippen molar-refractivity contribution in [3.8, 4) is 0 Å². The van der Waals surface area contributed by atoms with Gasteiger partial charge in [0.1, 0.15) is 0 Å². The zero-order valence-corrected chi connectivity index (χ0v) is 15.8. The molecule has 7 heteroatoms. The van der Waals surface area contributed by atoms with Gasteiger partial charge in [0.25, 0.3) is 0 Å². The molecular formula is C19H30N4O3. The number of nitrogens with zero attached hydrogens (tertiary/aromatic N) is 2. The SMILES string of the molecule is COCCNC(=O)CN1CCN(CC(=O)NCc2ccc(C)cc2)CC1. The first-order valence-corrected chi connectivity index (χ1v) is 9.09. The maximum absolute atomic E-state index is 12.1. The van der Waals surface area contributed by atoms with E-state index in [-0.39, 0.29) is 11.8 Å². The fourth-order valence-electron chi connectivity index (χ4n) is 2.82. The summed E-state index contributed by atoms with van der Waals surface area (Å²) in [5.74, 6) is 0.0580. The Morgan fingerprint density at radius 3 is 2.04 bits per heavy atom. The van der Waals surface area contributed by atoms with E-state index >= 15 is 0 Å². The molecule has 144 valence electrons. The number of nitrogens with one attached hydrogen (secondary N) is 2. The molecule has 0 bridgehead atoms. The molecule has 1 aliphatic heterocycles. The molecule has 0 aliphatic carbocycles. The third-order valence-electron chi connectivity index (χ3n) is 4.44. The molecular weight excluding hydrogens is 332 g/mol. The highest BCUT2D eigenvalue weighted by Gasteiger charge is 2.20. The van der Waals surface area contributed by atoms with Gasteiger partial charge in [-0.05, 0) is 12.5 Å². The zero-order chi connectivity index (χ0) is 18.8. The van der Waals surface area contributed by atoms with Crippen molar-refractivity contribution in [3.63, 3.8) is 0 Å². The van der Waals surface area contributed by atoms with E-state index in [4.69, 9.17) is 4.74 Å². The number of benzene rings is 1. The molecule has 2 rings (SSSR count). The third-order valence-corrected chi connectivity index (χ3v) is 4.44. The van der Waals surface area contributed by atoms with Gasteiger partial charge in [-0.15, -0.1) is 0 Å². The van der Waals surface area contributed by atoms with E-state index in [1.165, 1.54) is 5.56 Å². The second-order valence-corrected chi connectivity index (χ2v) is 6.66. The monoisotopic (exact) mass is 362 g/mol. The maximum atomic E-state index is 12.1. The predicted octanol–water partition coefficient (Wildman–Crippen LogP) is -0.00858. The van der Waals surface area contributed by atoms with Crippen LogP contribution in [0, 0.1) is 6.92 Å². The molecule has 1 heterocycles. The van der Waals surface area contributed by atoms with Crippen molar-refractivity contribution in [2.45, 2.75) is 13.5 Å². The average Bonchev–Trinajstić information content (AvgIpc) is 2.63. The molecule has 0 atom stereocenters. The summed E-state index contributed by atoms with van der Waals surface area (Å²) in [7, 11) is 1.61. The summed E-state index contributed by atoms with van der Waals surface area (Å²) >= 11 is 0. The molecule has 0 spiro atoms. The Morgan fingerprint density at radius 2 is 1.50 bits per heavy atom. The standard InChI is InChI=1S/C19H30N4O3/c1-16-3-5-17(6-4-16)13-21-19(25)15-23-10-8-22(9-11-23)14-18(24)20-7-12-26-2/h3-6H,7-15H2,1-2H3,(H,20,24)(H,21,25). The average molecular weight is 362 g/mol. The number of amides is 2. The van der Waals surface area contributed by atoms with Crippen LogP contribution in [-0.2, 0) is 20.9 Å². The largest absolute Gasteiger partial charge is 0.383 e. The number of ether oxygens (including phenoxy) is 1. The van der Waals surface area contributed by atoms with E-state index in [9.17, 15) is 9.59 Å². The van der Waals surface area contributed by atoms with Crippen LogP contribution in [0.2, 0.25) is 0 Å². The van der Waals surface area contributed by atoms with Gasteiger partial charge in [-0.1, -0.05) is 29.8 Å². The number of methoxy groups -OCH3 is 1. The van der Waals surface area contributed by atoms with Crippen molar-refractivity contribution in [1.82, 2.24) is 20.4 Å². The molecule has 0 aromatic heterocycles. The summed E-state index contributed by atoms with van der Waals surface area (Å²) in [6.07, 6.45) is 0. The normalized spacial score (nSPS) is 15.6. The second-order valence-electron chi connectivity index (χ2n) is 6.66. The lowest BCUT2D eigenvalue weighted by Crippen LogP contribution is -2.51. The van der Waals surface area contributed by atoms with Crippen LogP contribution >= 0.6 is 0 Å². The highest BCUT2D eigenvalue weighted by Crippen LogP contribution is 2.03. The zero-order valence-electron chi connectivity index (χ0n) is 15.8. The van der Waals surface area contributed by atoms with Gasteiger partial charge in [-0.25, -0.2) is 0 Å². The first-order chi connectivity index (χ1) is 12.6. The van der Waals surface area contributed by atoms with Crippen LogP contribution in [0.4, 0.5) is 0 Å². The van der Waals surface area contributed by atoms with Crippen molar-refractivity contribution in [3.05, 3.63) is 35.4 Å². The number of aryl methyl sites for hydroxylation is 1. The number of carbonyl (C=O) groups excluding carboxylic acids is 2. The number of hydrogen-bond donors (Lipinski definition) is 2. The van der Waals surface area contributed by atoms with Crippen molar-refractivity contribution >= 4 is 11.8 Å². The maximum Gasteiger partial charge on any atom is 0.234 e. The van der Waals surface area contributed by atoms with Gasteiger partial charge >= 0.3 is 0 Å². The van der Waals surface area contributed by atoms with Gasteiger partial charge < -0.3 is 15.4 Å². The molecule has 2 N–H and O–H groups in total. The van der Waals surface area contributed by atoms with Gasteiger partial charge in [0, 0.05) is 46.4 Å². The summed E-state index contributed by atoms with van der Waals surface area (Å²) in [6.45, 7) is 7.65. The van der Waals surface area contributed by atoms with E-state index < -0.39 is 0 Å². The van der Waals surface area contributed by atoms with Crippen LogP contribution in [0.15, 0.2) is 24.3 Å². The number of piperazine rings is 1. The van der Waals surface area contributed by atoms with Crippen molar-refractivity contribution in [2.24, 2.45) is 0 Å². The van der Waals surface area contributed by atoms with Crippen LogP contribution in [-0.4, -0.2) is 81.1 Å². The summed E-state index contributed by atoms with van der Waals surface area (Å²) in [5, 5.41) is 5.79. The Balaban J connectivity index is 1.61. The lowest BCUT2D eigenvalue weighted by atomic mass is 10.1. The fourth-order valence-corrected chi connectivity index (χ4v) is 2.82. The Bertz CT molecular complexity index is 569. The quantitative estimate of drug-likeness (QED) is 0.605. The molecule has 7 nitrogen and oxygen atoms in total. The molecule has 0 saturated carbocycles. The summed E-state index contributed by atoms with van der Waals surface area (Å²) < 4.78 is 4.91. The van der Waals surface area contributed by atoms with Crippen molar-refractivity contribution in [1.29, 1.82) is 0 Å². The van der Waals surface area contributed by atoms with Crippen LogP contribution in [0.3, 0.4) is 0 Å². The van der Waals surface area contributed by atoms with Gasteiger partial charge in [0.05, 0.1) is 19.7 Å². The summed E-state index contributed by atoms with van der Waals surface area (Å²) in [5.41, 5.74) is 2.32. The number of carbonyl (C=O) groups is 2. The fraction of sp³-hybridized carbons (Fsp3) is 0.579. The number of hydrogen-bond acceptors (Lipinski definition) is 5. The molecule has 1 saturated heterocycles. The molecule has 0 unspecified atom stereocenters. The molecule has 0 radical (unpaired) electrons. The smallest absolute Gasteiger partial charge is 0.234 e. The lowest BCUT2D eigenvalue weighted by Gasteiger charge is -2.33. The van der Waals surface area contributed by atoms with E-state index in [1.807, 2.05) is 31.2 Å². The minimum absolute atomic E-state index is 0.0198. The summed E-state index contributed by atoms with van der Waals surface area (Å²) in [4.78, 5) is 28.2. The van der Waals surface area contributed by atoms with Crippen LogP contribution < -0.4 is 10.6 Å². The lowest BCUT2D eigenvalue weighted by molar-refractivity contribution is -0.125. The predicted molar refractivity (Wildman–Crippen MR) is 101 cm³/mol. The van der Waals surface area contributed by atoms with E-state index in [0.717, 1.165) is 31.7 Å². The van der Waals surface area contributed by atoms with Gasteiger partial charge in [0.2, 0.25) is 11.8 Å². The van der Waals surface area contributed by atoms with Crippen molar-refractivity contribution < 1.29 is 14.3 Å². The summed E-state index contributed by atoms with van der Waals surface area (Å²) in [6, 6.07) is 8.16. The minimum Gasteiger partial charge on any atom is -0.383 e. The Morgan fingerprint density at radius 1 is 0.962 bits per heavy atom. The first kappa shape index (κ1) is 20.4. The molecule has 1 aliphatic rings. The highest BCUT2D eigenvalue weighted by molar-refractivity contribution is 5.78. The molecule has 1 aromatic rings. The molecule has 1 aromatic carbocycles. The van der Waals surface area contributed by atoms with Crippen molar-refractivity contribution in [2.75, 3.05) is 59.5 Å². The topological polar surface area (TPSA) is 73.9 Å². The minimum atomic E-state index is 0.0198. The van der Waals surface area contributed by atoms with Crippen LogP contribution in [0.5, 0.6) is 0 Å². The van der Waals surface area contributed by atoms with Crippen LogP contribution in [0.25, 0.3) is 0 Å². The second kappa shape index (κ2) is 10.9. The Labute approximate surface area is 155 Å². The van der Waals surface area contributed by atoms with E-state index in [1.54, 1.807) is 7.11 Å². The van der Waals surface area contributed by atoms with Gasteiger partial charge in [-0.2, -0.15) is 0 Å². The molecule has 1 fully saturated rings. The molecule has 2 amide bonds.